The Balaban J connectivity index is 1.77. The number of hydrogen-bond acceptors (Lipinski definition) is 5. The summed E-state index contributed by atoms with van der Waals surface area (Å²) in [7, 11) is -2.13. The van der Waals surface area contributed by atoms with Crippen molar-refractivity contribution in [1.29, 1.82) is 0 Å². The van der Waals surface area contributed by atoms with Crippen LogP contribution in [0.15, 0.2) is 24.3 Å². The highest BCUT2D eigenvalue weighted by atomic mass is 32.2. The van der Waals surface area contributed by atoms with E-state index in [1.54, 1.807) is 4.90 Å². The van der Waals surface area contributed by atoms with Crippen molar-refractivity contribution in [2.75, 3.05) is 39.1 Å². The van der Waals surface area contributed by atoms with E-state index in [0.29, 0.717) is 5.56 Å². The van der Waals surface area contributed by atoms with Crippen LogP contribution in [0.4, 0.5) is 4.39 Å². The van der Waals surface area contributed by atoms with Gasteiger partial charge in [0.2, 0.25) is 5.91 Å². The summed E-state index contributed by atoms with van der Waals surface area (Å²) in [4.78, 5) is 26.4. The molecule has 0 unspecified atom stereocenters. The maximum Gasteiger partial charge on any atom is 0.253 e. The maximum absolute atomic E-state index is 13.0. The van der Waals surface area contributed by atoms with Crippen molar-refractivity contribution in [3.63, 3.8) is 0 Å². The Morgan fingerprint density at radius 2 is 1.85 bits per heavy atom. The minimum atomic E-state index is -3.62. The number of hydrogen-bond donors (Lipinski definition) is 0. The Labute approximate surface area is 151 Å². The number of methoxy groups -OCH3 is 1. The largest absolute Gasteiger partial charge is 0.383 e. The van der Waals surface area contributed by atoms with Gasteiger partial charge in [-0.1, -0.05) is 0 Å². The number of rotatable bonds is 4. The van der Waals surface area contributed by atoms with Crippen LogP contribution in [0, 0.1) is 5.82 Å². The van der Waals surface area contributed by atoms with Crippen LogP contribution in [-0.4, -0.2) is 74.0 Å². The Hall–Kier alpha value is -2.00. The SMILES string of the molecule is COCCN1C(=O)CS(=O)(=O)C12CCN(C(=O)c1ccc(F)cc1)CC2. The molecule has 1 spiro atoms. The van der Waals surface area contributed by atoms with Crippen LogP contribution >= 0.6 is 0 Å². The molecule has 0 bridgehead atoms. The summed E-state index contributed by atoms with van der Waals surface area (Å²) in [5, 5.41) is 0. The van der Waals surface area contributed by atoms with Crippen LogP contribution in [0.2, 0.25) is 0 Å². The number of amides is 2. The monoisotopic (exact) mass is 384 g/mol. The summed E-state index contributed by atoms with van der Waals surface area (Å²) in [6.07, 6.45) is 0.329. The second kappa shape index (κ2) is 6.96. The molecular weight excluding hydrogens is 363 g/mol. The molecule has 2 aliphatic rings. The first-order valence-corrected chi connectivity index (χ1v) is 10.0. The van der Waals surface area contributed by atoms with E-state index in [1.165, 1.54) is 36.3 Å². The fraction of sp³-hybridized carbons (Fsp3) is 0.529. The number of nitrogens with zero attached hydrogens (tertiary/aromatic N) is 2. The summed E-state index contributed by atoms with van der Waals surface area (Å²) in [6.45, 7) is 0.889. The molecule has 1 aromatic carbocycles. The Morgan fingerprint density at radius 3 is 2.42 bits per heavy atom. The van der Waals surface area contributed by atoms with Crippen molar-refractivity contribution in [2.45, 2.75) is 17.7 Å². The lowest BCUT2D eigenvalue weighted by Crippen LogP contribution is -2.57. The lowest BCUT2D eigenvalue weighted by Gasteiger charge is -2.43. The smallest absolute Gasteiger partial charge is 0.253 e. The molecule has 0 N–H and O–H groups in total. The Kier molecular flexibility index (Phi) is 5.03. The molecule has 0 radical (unpaired) electrons. The molecule has 2 amide bonds. The van der Waals surface area contributed by atoms with Crippen LogP contribution in [-0.2, 0) is 19.4 Å². The third kappa shape index (κ3) is 3.09. The van der Waals surface area contributed by atoms with E-state index < -0.39 is 32.2 Å². The summed E-state index contributed by atoms with van der Waals surface area (Å²) in [5.41, 5.74) is 0.351. The summed E-state index contributed by atoms with van der Waals surface area (Å²) in [6, 6.07) is 5.24. The molecule has 9 heteroatoms. The number of carbonyl (C=O) groups is 2. The zero-order valence-electron chi connectivity index (χ0n) is 14.5. The quantitative estimate of drug-likeness (QED) is 0.762. The van der Waals surface area contributed by atoms with Crippen molar-refractivity contribution in [1.82, 2.24) is 9.80 Å². The molecule has 0 aromatic heterocycles. The van der Waals surface area contributed by atoms with Gasteiger partial charge in [0.1, 0.15) is 16.4 Å². The first-order chi connectivity index (χ1) is 12.3. The predicted octanol–water partition coefficient (Wildman–Crippen LogP) is 0.661. The Bertz CT molecular complexity index is 801. The van der Waals surface area contributed by atoms with E-state index in [4.69, 9.17) is 4.74 Å². The van der Waals surface area contributed by atoms with E-state index in [2.05, 4.69) is 0 Å². The van der Waals surface area contributed by atoms with E-state index in [9.17, 15) is 22.4 Å². The van der Waals surface area contributed by atoms with Crippen LogP contribution in [0.1, 0.15) is 23.2 Å². The normalized spacial score (nSPS) is 21.4. The van der Waals surface area contributed by atoms with E-state index in [1.807, 2.05) is 0 Å². The summed E-state index contributed by atoms with van der Waals surface area (Å²) in [5.74, 6) is -1.61. The second-order valence-electron chi connectivity index (χ2n) is 6.54. The molecule has 2 heterocycles. The molecule has 0 saturated carbocycles. The van der Waals surface area contributed by atoms with E-state index in [0.717, 1.165) is 0 Å². The maximum atomic E-state index is 13.0. The molecule has 1 aromatic rings. The van der Waals surface area contributed by atoms with Crippen molar-refractivity contribution < 1.29 is 27.1 Å². The van der Waals surface area contributed by atoms with Gasteiger partial charge in [0, 0.05) is 45.1 Å². The van der Waals surface area contributed by atoms with Gasteiger partial charge in [-0.15, -0.1) is 0 Å². The lowest BCUT2D eigenvalue weighted by atomic mass is 10.0. The van der Waals surface area contributed by atoms with Crippen LogP contribution < -0.4 is 0 Å². The second-order valence-corrected chi connectivity index (χ2v) is 8.82. The van der Waals surface area contributed by atoms with Gasteiger partial charge in [-0.3, -0.25) is 9.59 Å². The van der Waals surface area contributed by atoms with Gasteiger partial charge in [-0.05, 0) is 24.3 Å². The number of piperidine rings is 1. The van der Waals surface area contributed by atoms with Crippen LogP contribution in [0.3, 0.4) is 0 Å². The van der Waals surface area contributed by atoms with Crippen LogP contribution in [0.5, 0.6) is 0 Å². The molecule has 0 aliphatic carbocycles. The topological polar surface area (TPSA) is 84.0 Å². The van der Waals surface area contributed by atoms with Gasteiger partial charge < -0.3 is 14.5 Å². The first-order valence-electron chi connectivity index (χ1n) is 8.37. The number of ether oxygens (including phenoxy) is 1. The molecule has 2 saturated heterocycles. The van der Waals surface area contributed by atoms with Crippen molar-refractivity contribution in [2.24, 2.45) is 0 Å². The van der Waals surface area contributed by atoms with Crippen molar-refractivity contribution >= 4 is 21.7 Å². The molecule has 7 nitrogen and oxygen atoms in total. The number of halogens is 1. The number of carbonyl (C=O) groups excluding carboxylic acids is 2. The zero-order chi connectivity index (χ0) is 18.9. The first kappa shape index (κ1) is 18.8. The number of likely N-dealkylation sites (tertiary alicyclic amines) is 1. The molecule has 2 fully saturated rings. The third-order valence-electron chi connectivity index (χ3n) is 5.13. The fourth-order valence-electron chi connectivity index (χ4n) is 3.70. The highest BCUT2D eigenvalue weighted by Crippen LogP contribution is 2.39. The molecule has 3 rings (SSSR count). The van der Waals surface area contributed by atoms with Gasteiger partial charge in [-0.2, -0.15) is 0 Å². The molecular formula is C17H21FN2O5S. The highest BCUT2D eigenvalue weighted by Gasteiger charge is 2.58. The van der Waals surface area contributed by atoms with Crippen LogP contribution in [0.25, 0.3) is 0 Å². The molecule has 142 valence electrons. The lowest BCUT2D eigenvalue weighted by molar-refractivity contribution is -0.131. The summed E-state index contributed by atoms with van der Waals surface area (Å²) < 4.78 is 43.3. The van der Waals surface area contributed by atoms with Gasteiger partial charge in [-0.25, -0.2) is 12.8 Å². The fourth-order valence-corrected chi connectivity index (χ4v) is 5.78. The standard InChI is InChI=1S/C17H21FN2O5S/c1-25-11-10-20-15(21)12-26(23,24)17(20)6-8-19(9-7-17)16(22)13-2-4-14(18)5-3-13/h2-5H,6-12H2,1H3. The Morgan fingerprint density at radius 1 is 1.23 bits per heavy atom. The average molecular weight is 384 g/mol. The number of benzene rings is 1. The average Bonchev–Trinajstić information content (AvgIpc) is 2.79. The van der Waals surface area contributed by atoms with Gasteiger partial charge >= 0.3 is 0 Å². The zero-order valence-corrected chi connectivity index (χ0v) is 15.3. The number of sulfone groups is 1. The van der Waals surface area contributed by atoms with Crippen molar-refractivity contribution in [3.05, 3.63) is 35.6 Å². The molecule has 0 atom stereocenters. The molecule has 26 heavy (non-hydrogen) atoms. The minimum absolute atomic E-state index is 0.164. The summed E-state index contributed by atoms with van der Waals surface area (Å²) >= 11 is 0. The van der Waals surface area contributed by atoms with Crippen molar-refractivity contribution in [3.8, 4) is 0 Å². The van der Waals surface area contributed by atoms with Gasteiger partial charge in [0.25, 0.3) is 5.91 Å². The van der Waals surface area contributed by atoms with Gasteiger partial charge in [0.15, 0.2) is 9.84 Å². The predicted molar refractivity (Wildman–Crippen MR) is 91.6 cm³/mol. The van der Waals surface area contributed by atoms with E-state index >= 15 is 0 Å². The minimum Gasteiger partial charge on any atom is -0.383 e. The highest BCUT2D eigenvalue weighted by molar-refractivity contribution is 7.93. The van der Waals surface area contributed by atoms with Gasteiger partial charge in [0.05, 0.1) is 6.61 Å². The molecule has 2 aliphatic heterocycles. The van der Waals surface area contributed by atoms with E-state index in [-0.39, 0.29) is 45.0 Å². The third-order valence-corrected chi connectivity index (χ3v) is 7.54.